The van der Waals surface area contributed by atoms with Gasteiger partial charge in [-0.25, -0.2) is 20.4 Å². The van der Waals surface area contributed by atoms with E-state index in [2.05, 4.69) is 32.3 Å². The predicted molar refractivity (Wildman–Crippen MR) is 180 cm³/mol. The Balaban J connectivity index is 1.94. The fourth-order valence-corrected chi connectivity index (χ4v) is 4.66. The van der Waals surface area contributed by atoms with Gasteiger partial charge in [0.25, 0.3) is 0 Å². The van der Waals surface area contributed by atoms with Gasteiger partial charge in [-0.2, -0.15) is 0 Å². The van der Waals surface area contributed by atoms with E-state index in [0.29, 0.717) is 12.8 Å². The molecule has 6 atom stereocenters. The van der Waals surface area contributed by atoms with Gasteiger partial charge in [0, 0.05) is 0 Å². The van der Waals surface area contributed by atoms with Crippen LogP contribution in [0.25, 0.3) is 0 Å². The Morgan fingerprint density at radius 3 is 1.23 bits per heavy atom. The van der Waals surface area contributed by atoms with Crippen LogP contribution in [0.4, 0.5) is 9.59 Å². The van der Waals surface area contributed by atoms with Gasteiger partial charge in [0.15, 0.2) is 0 Å². The maximum absolute atomic E-state index is 13.0. The second kappa shape index (κ2) is 20.9. The molecule has 2 aromatic carbocycles. The number of ether oxygens (including phenoxy) is 2. The van der Waals surface area contributed by atoms with Crippen molar-refractivity contribution in [2.45, 2.75) is 104 Å². The smallest absolute Gasteiger partial charge is 0.421 e. The summed E-state index contributed by atoms with van der Waals surface area (Å²) in [5.41, 5.74) is 11.4. The van der Waals surface area contributed by atoms with Crippen molar-refractivity contribution in [2.24, 2.45) is 11.8 Å². The van der Waals surface area contributed by atoms with Crippen LogP contribution in [0.1, 0.15) is 65.5 Å². The van der Waals surface area contributed by atoms with Crippen LogP contribution in [-0.4, -0.2) is 70.6 Å². The molecule has 0 aromatic heterocycles. The Kier molecular flexibility index (Phi) is 17.4. The Bertz CT molecular complexity index is 1170. The molecule has 2 unspecified atom stereocenters. The third-order valence-electron chi connectivity index (χ3n) is 7.27. The van der Waals surface area contributed by atoms with Crippen LogP contribution >= 0.6 is 0 Å². The zero-order valence-corrected chi connectivity index (χ0v) is 28.6. The van der Waals surface area contributed by atoms with Gasteiger partial charge >= 0.3 is 12.2 Å². The standard InChI is InChI=1S/C34H52N6O8/c1-21(2)17-27(35-31(43)23(5)37-39-33(45)47-19-25-13-9-7-10-14-25)29(41)30(42)28(18-22(3)4)36-32(44)24(6)38-40-34(46)48-20-26-15-11-8-12-16-26/h7-16,21-24,27-30,37-38,41-42H,17-20H2,1-6H3,(H,35,43)(H,36,44)(H,39,45)(H,40,46)/t23?,24?,27-,28-,29+,30+/m0/s1. The summed E-state index contributed by atoms with van der Waals surface area (Å²) in [6.45, 7) is 10.8. The highest BCUT2D eigenvalue weighted by molar-refractivity contribution is 5.82. The largest absolute Gasteiger partial charge is 0.444 e. The van der Waals surface area contributed by atoms with Crippen LogP contribution in [0.15, 0.2) is 60.7 Å². The first-order valence-corrected chi connectivity index (χ1v) is 16.2. The van der Waals surface area contributed by atoms with Gasteiger partial charge in [-0.05, 0) is 49.7 Å². The molecule has 266 valence electrons. The molecule has 0 aliphatic carbocycles. The fourth-order valence-electron chi connectivity index (χ4n) is 4.66. The summed E-state index contributed by atoms with van der Waals surface area (Å²) in [7, 11) is 0. The number of hydrogen-bond acceptors (Lipinski definition) is 10. The van der Waals surface area contributed by atoms with E-state index in [9.17, 15) is 29.4 Å². The van der Waals surface area contributed by atoms with Crippen molar-refractivity contribution >= 4 is 24.0 Å². The van der Waals surface area contributed by atoms with E-state index in [-0.39, 0.29) is 25.0 Å². The second-order valence-electron chi connectivity index (χ2n) is 12.6. The minimum atomic E-state index is -1.45. The van der Waals surface area contributed by atoms with Gasteiger partial charge in [-0.1, -0.05) is 88.4 Å². The molecule has 8 N–H and O–H groups in total. The van der Waals surface area contributed by atoms with Crippen molar-refractivity contribution in [3.63, 3.8) is 0 Å². The Morgan fingerprint density at radius 2 is 0.917 bits per heavy atom. The van der Waals surface area contributed by atoms with Crippen LogP contribution in [0.2, 0.25) is 0 Å². The van der Waals surface area contributed by atoms with E-state index in [4.69, 9.17) is 9.47 Å². The highest BCUT2D eigenvalue weighted by Crippen LogP contribution is 2.18. The number of rotatable bonds is 19. The van der Waals surface area contributed by atoms with E-state index >= 15 is 0 Å². The monoisotopic (exact) mass is 672 g/mol. The molecule has 0 aliphatic rings. The predicted octanol–water partition coefficient (Wildman–Crippen LogP) is 2.41. The number of amides is 4. The number of nitrogens with one attached hydrogen (secondary N) is 6. The first-order valence-electron chi connectivity index (χ1n) is 16.2. The lowest BCUT2D eigenvalue weighted by Gasteiger charge is -2.35. The minimum absolute atomic E-state index is 0.0292. The van der Waals surface area contributed by atoms with Gasteiger partial charge in [0.05, 0.1) is 12.1 Å². The van der Waals surface area contributed by atoms with Crippen LogP contribution < -0.4 is 32.3 Å². The molecule has 0 radical (unpaired) electrons. The lowest BCUT2D eigenvalue weighted by molar-refractivity contribution is -0.128. The second-order valence-corrected chi connectivity index (χ2v) is 12.6. The molecule has 4 amide bonds. The number of aliphatic hydroxyl groups is 2. The Hall–Kier alpha value is -4.24. The molecule has 0 spiro atoms. The van der Waals surface area contributed by atoms with Crippen LogP contribution in [0, 0.1) is 11.8 Å². The molecule has 0 bridgehead atoms. The van der Waals surface area contributed by atoms with Crippen LogP contribution in [-0.2, 0) is 32.3 Å². The first kappa shape index (κ1) is 39.9. The summed E-state index contributed by atoms with van der Waals surface area (Å²) >= 11 is 0. The lowest BCUT2D eigenvalue weighted by atomic mass is 9.89. The average molecular weight is 673 g/mol. The molecular weight excluding hydrogens is 620 g/mol. The lowest BCUT2D eigenvalue weighted by Crippen LogP contribution is -2.60. The van der Waals surface area contributed by atoms with E-state index in [1.54, 1.807) is 0 Å². The molecule has 48 heavy (non-hydrogen) atoms. The van der Waals surface area contributed by atoms with Gasteiger partial charge < -0.3 is 30.3 Å². The quantitative estimate of drug-likeness (QED) is 0.103. The van der Waals surface area contributed by atoms with Crippen molar-refractivity contribution in [1.82, 2.24) is 32.3 Å². The number of benzene rings is 2. The van der Waals surface area contributed by atoms with E-state index < -0.39 is 60.4 Å². The minimum Gasteiger partial charge on any atom is -0.444 e. The van der Waals surface area contributed by atoms with Crippen molar-refractivity contribution < 1.29 is 38.9 Å². The van der Waals surface area contributed by atoms with E-state index in [1.165, 1.54) is 13.8 Å². The van der Waals surface area contributed by atoms with E-state index in [0.717, 1.165) is 11.1 Å². The molecule has 14 heteroatoms. The van der Waals surface area contributed by atoms with Crippen molar-refractivity contribution in [1.29, 1.82) is 0 Å². The highest BCUT2D eigenvalue weighted by Gasteiger charge is 2.36. The molecular formula is C34H52N6O8. The SMILES string of the molecule is CC(C)C[C@H](NC(=O)C(C)NNC(=O)OCc1ccccc1)[C@@H](O)[C@H](O)[C@H](CC(C)C)NC(=O)C(C)NNC(=O)OCc1ccccc1. The number of carbonyl (C=O) groups excluding carboxylic acids is 4. The zero-order valence-electron chi connectivity index (χ0n) is 28.6. The van der Waals surface area contributed by atoms with Gasteiger partial charge in [-0.3, -0.25) is 20.4 Å². The van der Waals surface area contributed by atoms with Crippen molar-refractivity contribution in [3.05, 3.63) is 71.8 Å². The summed E-state index contributed by atoms with van der Waals surface area (Å²) in [5, 5.41) is 28.1. The van der Waals surface area contributed by atoms with Gasteiger partial charge in [-0.15, -0.1) is 0 Å². The molecule has 0 saturated heterocycles. The third-order valence-corrected chi connectivity index (χ3v) is 7.27. The summed E-state index contributed by atoms with van der Waals surface area (Å²) in [6, 6.07) is 14.6. The molecule has 0 fully saturated rings. The summed E-state index contributed by atoms with van der Waals surface area (Å²) in [6.07, 6.45) is -3.82. The third kappa shape index (κ3) is 15.1. The topological polar surface area (TPSA) is 199 Å². The fraction of sp³-hybridized carbons (Fsp3) is 0.529. The maximum Gasteiger partial charge on any atom is 0.421 e. The summed E-state index contributed by atoms with van der Waals surface area (Å²) in [5.74, 6) is -1.02. The molecule has 0 saturated carbocycles. The molecule has 0 heterocycles. The first-order chi connectivity index (χ1) is 22.8. The zero-order chi connectivity index (χ0) is 35.6. The average Bonchev–Trinajstić information content (AvgIpc) is 3.06. The Morgan fingerprint density at radius 1 is 0.583 bits per heavy atom. The molecule has 14 nitrogen and oxygen atoms in total. The highest BCUT2D eigenvalue weighted by atomic mass is 16.6. The number of aliphatic hydroxyl groups excluding tert-OH is 2. The van der Waals surface area contributed by atoms with E-state index in [1.807, 2.05) is 88.4 Å². The van der Waals surface area contributed by atoms with Crippen molar-refractivity contribution in [2.75, 3.05) is 0 Å². The maximum atomic E-state index is 13.0. The number of hydrazine groups is 2. The van der Waals surface area contributed by atoms with Crippen molar-refractivity contribution in [3.8, 4) is 0 Å². The van der Waals surface area contributed by atoms with Crippen LogP contribution in [0.3, 0.4) is 0 Å². The molecule has 2 aromatic rings. The molecule has 2 rings (SSSR count). The Labute approximate surface area is 282 Å². The van der Waals surface area contributed by atoms with Gasteiger partial charge in [0.1, 0.15) is 37.5 Å². The number of hydrogen-bond donors (Lipinski definition) is 8. The number of carbonyl (C=O) groups is 4. The summed E-state index contributed by atoms with van der Waals surface area (Å²) in [4.78, 5) is 50.3. The van der Waals surface area contributed by atoms with Gasteiger partial charge in [0.2, 0.25) is 11.8 Å². The molecule has 0 aliphatic heterocycles. The van der Waals surface area contributed by atoms with Crippen LogP contribution in [0.5, 0.6) is 0 Å². The summed E-state index contributed by atoms with van der Waals surface area (Å²) < 4.78 is 10.3. The normalized spacial score (nSPS) is 15.0.